The smallest absolute Gasteiger partial charge is 0.0955 e. The minimum Gasteiger partial charge on any atom is -0.143 e. The van der Waals surface area contributed by atoms with E-state index in [1.165, 1.54) is 16.4 Å². The van der Waals surface area contributed by atoms with Crippen LogP contribution in [0.5, 0.6) is 0 Å². The minimum atomic E-state index is 0.841. The highest BCUT2D eigenvalue weighted by atomic mass is 32.2. The summed E-state index contributed by atoms with van der Waals surface area (Å²) in [6, 6.07) is 20.9. The molecule has 19 heavy (non-hydrogen) atoms. The van der Waals surface area contributed by atoms with Crippen LogP contribution in [0.15, 0.2) is 60.7 Å². The lowest BCUT2D eigenvalue weighted by Crippen LogP contribution is -2.11. The first-order chi connectivity index (χ1) is 9.31. The molecule has 0 atom stereocenters. The number of hydrogen-bond acceptors (Lipinski definition) is 2. The van der Waals surface area contributed by atoms with Crippen molar-refractivity contribution in [3.8, 4) is 0 Å². The van der Waals surface area contributed by atoms with Gasteiger partial charge in [-0.05, 0) is 16.9 Å². The predicted octanol–water partition coefficient (Wildman–Crippen LogP) is 4.93. The van der Waals surface area contributed by atoms with Crippen LogP contribution in [0.2, 0.25) is 0 Å². The van der Waals surface area contributed by atoms with Gasteiger partial charge in [-0.1, -0.05) is 79.8 Å². The molecule has 0 aliphatic heterocycles. The Morgan fingerprint density at radius 3 is 2.11 bits per heavy atom. The zero-order chi connectivity index (χ0) is 13.5. The van der Waals surface area contributed by atoms with Crippen molar-refractivity contribution in [2.75, 3.05) is 5.75 Å². The first-order valence-corrected chi connectivity index (χ1v) is 7.83. The van der Waals surface area contributed by atoms with E-state index in [1.54, 1.807) is 0 Å². The van der Waals surface area contributed by atoms with E-state index in [-0.39, 0.29) is 0 Å². The molecule has 0 amide bonds. The minimum absolute atomic E-state index is 0.841. The summed E-state index contributed by atoms with van der Waals surface area (Å²) in [5, 5.41) is 1.24. The number of thioether (sulfide) groups is 1. The van der Waals surface area contributed by atoms with Gasteiger partial charge in [-0.15, -0.1) is 11.8 Å². The molecule has 0 bridgehead atoms. The molecular weight excluding hydrogens is 268 g/mol. The highest BCUT2D eigenvalue weighted by Gasteiger charge is 2.17. The highest BCUT2D eigenvalue weighted by molar-refractivity contribution is 8.04. The summed E-state index contributed by atoms with van der Waals surface area (Å²) in [7, 11) is 0. The van der Waals surface area contributed by atoms with Gasteiger partial charge < -0.3 is 0 Å². The van der Waals surface area contributed by atoms with Crippen LogP contribution in [-0.2, 0) is 6.42 Å². The van der Waals surface area contributed by atoms with Crippen LogP contribution in [0, 0.1) is 5.25 Å². The van der Waals surface area contributed by atoms with E-state index in [0.29, 0.717) is 0 Å². The van der Waals surface area contributed by atoms with Gasteiger partial charge in [-0.2, -0.15) is 0 Å². The SMILES string of the molecule is CCS[C](C(=S)Cc1ccccc1)c1ccccc1. The van der Waals surface area contributed by atoms with Crippen molar-refractivity contribution in [3.63, 3.8) is 0 Å². The Bertz CT molecular complexity index is 505. The summed E-state index contributed by atoms with van der Waals surface area (Å²) < 4.78 is 0. The maximum Gasteiger partial charge on any atom is 0.0955 e. The molecule has 0 aromatic heterocycles. The third kappa shape index (κ3) is 4.19. The summed E-state index contributed by atoms with van der Waals surface area (Å²) in [6.07, 6.45) is 0.841. The molecule has 0 spiro atoms. The fourth-order valence-electron chi connectivity index (χ4n) is 1.92. The normalized spacial score (nSPS) is 10.6. The monoisotopic (exact) mass is 285 g/mol. The standard InChI is InChI=1S/C17H17S2/c1-2-19-17(15-11-7-4-8-12-15)16(18)13-14-9-5-3-6-10-14/h3-12H,2,13H2,1H3. The Morgan fingerprint density at radius 2 is 1.53 bits per heavy atom. The summed E-state index contributed by atoms with van der Waals surface area (Å²) in [4.78, 5) is 1.03. The number of rotatable bonds is 6. The van der Waals surface area contributed by atoms with Gasteiger partial charge in [0.1, 0.15) is 0 Å². The van der Waals surface area contributed by atoms with E-state index in [9.17, 15) is 0 Å². The Balaban J connectivity index is 2.13. The van der Waals surface area contributed by atoms with Crippen molar-refractivity contribution < 1.29 is 0 Å². The van der Waals surface area contributed by atoms with E-state index in [1.807, 2.05) is 23.9 Å². The van der Waals surface area contributed by atoms with Gasteiger partial charge in [0.15, 0.2) is 0 Å². The van der Waals surface area contributed by atoms with Gasteiger partial charge in [0.25, 0.3) is 0 Å². The quantitative estimate of drug-likeness (QED) is 0.690. The molecule has 2 aromatic carbocycles. The van der Waals surface area contributed by atoms with Gasteiger partial charge in [0.05, 0.1) is 5.25 Å². The number of thiocarbonyl (C=S) groups is 1. The molecule has 2 aromatic rings. The van der Waals surface area contributed by atoms with Gasteiger partial charge in [0.2, 0.25) is 0 Å². The van der Waals surface area contributed by atoms with Crippen molar-refractivity contribution >= 4 is 28.8 Å². The molecule has 0 saturated carbocycles. The number of benzene rings is 2. The second-order valence-electron chi connectivity index (χ2n) is 4.21. The zero-order valence-electron chi connectivity index (χ0n) is 11.0. The van der Waals surface area contributed by atoms with Crippen molar-refractivity contribution in [2.45, 2.75) is 13.3 Å². The molecule has 0 aliphatic carbocycles. The van der Waals surface area contributed by atoms with Crippen LogP contribution in [0.3, 0.4) is 0 Å². The van der Waals surface area contributed by atoms with Gasteiger partial charge in [-0.25, -0.2) is 0 Å². The maximum atomic E-state index is 5.65. The van der Waals surface area contributed by atoms with Crippen LogP contribution in [-0.4, -0.2) is 10.6 Å². The van der Waals surface area contributed by atoms with Crippen LogP contribution >= 0.6 is 24.0 Å². The van der Waals surface area contributed by atoms with Crippen LogP contribution in [0.1, 0.15) is 18.1 Å². The van der Waals surface area contributed by atoms with Crippen LogP contribution in [0.25, 0.3) is 0 Å². The van der Waals surface area contributed by atoms with Crippen LogP contribution in [0.4, 0.5) is 0 Å². The molecule has 0 aliphatic rings. The average molecular weight is 285 g/mol. The second-order valence-corrected chi connectivity index (χ2v) is 5.98. The average Bonchev–Trinajstić information content (AvgIpc) is 2.46. The van der Waals surface area contributed by atoms with E-state index in [0.717, 1.165) is 17.0 Å². The molecule has 0 N–H and O–H groups in total. The molecular formula is C17H17S2. The lowest BCUT2D eigenvalue weighted by atomic mass is 10.0. The summed E-state index contributed by atoms with van der Waals surface area (Å²) in [6.45, 7) is 2.17. The molecule has 97 valence electrons. The van der Waals surface area contributed by atoms with Crippen LogP contribution < -0.4 is 0 Å². The summed E-state index contributed by atoms with van der Waals surface area (Å²) >= 11 is 7.48. The summed E-state index contributed by atoms with van der Waals surface area (Å²) in [5.74, 6) is 1.04. The first-order valence-electron chi connectivity index (χ1n) is 6.43. The maximum absolute atomic E-state index is 5.65. The summed E-state index contributed by atoms with van der Waals surface area (Å²) in [5.41, 5.74) is 2.51. The van der Waals surface area contributed by atoms with Crippen molar-refractivity contribution in [2.24, 2.45) is 0 Å². The highest BCUT2D eigenvalue weighted by Crippen LogP contribution is 2.30. The number of hydrogen-bond donors (Lipinski definition) is 0. The van der Waals surface area contributed by atoms with Gasteiger partial charge in [0, 0.05) is 11.3 Å². The third-order valence-corrected chi connectivity index (χ3v) is 4.32. The third-order valence-electron chi connectivity index (χ3n) is 2.79. The molecule has 2 heteroatoms. The molecule has 0 fully saturated rings. The molecule has 1 radical (unpaired) electrons. The fourth-order valence-corrected chi connectivity index (χ4v) is 3.21. The lowest BCUT2D eigenvalue weighted by molar-refractivity contribution is 1.33. The molecule has 2 rings (SSSR count). The molecule has 0 nitrogen and oxygen atoms in total. The Labute approximate surface area is 125 Å². The first kappa shape index (κ1) is 14.3. The molecule has 0 heterocycles. The van der Waals surface area contributed by atoms with E-state index in [4.69, 9.17) is 12.2 Å². The molecule has 0 unspecified atom stereocenters. The van der Waals surface area contributed by atoms with Crippen molar-refractivity contribution in [1.82, 2.24) is 0 Å². The second kappa shape index (κ2) is 7.46. The zero-order valence-corrected chi connectivity index (χ0v) is 12.6. The van der Waals surface area contributed by atoms with Gasteiger partial charge >= 0.3 is 0 Å². The van der Waals surface area contributed by atoms with Gasteiger partial charge in [-0.3, -0.25) is 0 Å². The lowest BCUT2D eigenvalue weighted by Gasteiger charge is -2.16. The van der Waals surface area contributed by atoms with E-state index in [2.05, 4.69) is 55.5 Å². The molecule has 0 saturated heterocycles. The Hall–Kier alpha value is -1.12. The van der Waals surface area contributed by atoms with Crippen molar-refractivity contribution in [1.29, 1.82) is 0 Å². The Morgan fingerprint density at radius 1 is 0.947 bits per heavy atom. The fraction of sp³-hybridized carbons (Fsp3) is 0.176. The largest absolute Gasteiger partial charge is 0.143 e. The van der Waals surface area contributed by atoms with E-state index < -0.39 is 0 Å². The predicted molar refractivity (Wildman–Crippen MR) is 89.7 cm³/mol. The Kier molecular flexibility index (Phi) is 5.62. The van der Waals surface area contributed by atoms with E-state index >= 15 is 0 Å². The topological polar surface area (TPSA) is 0 Å². The van der Waals surface area contributed by atoms with Crippen molar-refractivity contribution in [3.05, 3.63) is 77.0 Å².